The number of anilines is 1. The van der Waals surface area contributed by atoms with Crippen LogP contribution in [-0.2, 0) is 38.0 Å². The minimum Gasteiger partial charge on any atom is -0.469 e. The standard InChI is InChI=1S/C39H57N5O8S/c1-7-9-10-11-12-13-14-32(39(46)47-6)28-36(45)52-26-25-51-24-23-50-22-21-49-20-19-48-18-17-44(8-2)33-15-16-34(30(3)27-33)42-43-38-37(41-5)31(4)35(29-40)53-38/h15-16,27,32H,7-14,17-26,28H2,1-4,6H3. The zero-order valence-electron chi connectivity index (χ0n) is 32.2. The van der Waals surface area contributed by atoms with Crippen molar-refractivity contribution in [2.45, 2.75) is 79.1 Å². The fourth-order valence-electron chi connectivity index (χ4n) is 5.37. The van der Waals surface area contributed by atoms with Gasteiger partial charge in [0.2, 0.25) is 5.69 Å². The molecule has 1 atom stereocenters. The third-order valence-electron chi connectivity index (χ3n) is 8.45. The van der Waals surface area contributed by atoms with Crippen LogP contribution < -0.4 is 4.90 Å². The number of aryl methyl sites for hydroxylation is 1. The molecule has 0 N–H and O–H groups in total. The van der Waals surface area contributed by atoms with Gasteiger partial charge in [-0.05, 0) is 56.5 Å². The Balaban J connectivity index is 1.51. The first kappa shape index (κ1) is 45.2. The molecule has 14 heteroatoms. The maximum Gasteiger partial charge on any atom is 0.309 e. The summed E-state index contributed by atoms with van der Waals surface area (Å²) in [5.74, 6) is -1.25. The highest BCUT2D eigenvalue weighted by Gasteiger charge is 2.23. The summed E-state index contributed by atoms with van der Waals surface area (Å²) in [5, 5.41) is 18.4. The third kappa shape index (κ3) is 17.6. The van der Waals surface area contributed by atoms with E-state index in [9.17, 15) is 14.9 Å². The van der Waals surface area contributed by atoms with Gasteiger partial charge in [-0.2, -0.15) is 15.5 Å². The molecule has 0 bridgehead atoms. The first-order chi connectivity index (χ1) is 25.8. The Hall–Kier alpha value is -3.92. The lowest BCUT2D eigenvalue weighted by Gasteiger charge is -2.23. The van der Waals surface area contributed by atoms with Gasteiger partial charge in [-0.1, -0.05) is 45.4 Å². The van der Waals surface area contributed by atoms with Gasteiger partial charge in [0, 0.05) is 18.8 Å². The van der Waals surface area contributed by atoms with Gasteiger partial charge in [-0.3, -0.25) is 9.59 Å². The molecule has 292 valence electrons. The van der Waals surface area contributed by atoms with Gasteiger partial charge in [0.05, 0.1) is 89.4 Å². The molecule has 0 radical (unpaired) electrons. The Bertz CT molecular complexity index is 1490. The topological polar surface area (TPSA) is 146 Å². The molecule has 0 aliphatic rings. The summed E-state index contributed by atoms with van der Waals surface area (Å²) in [5.41, 5.74) is 3.72. The predicted octanol–water partition coefficient (Wildman–Crippen LogP) is 8.57. The summed E-state index contributed by atoms with van der Waals surface area (Å²) in [6, 6.07) is 8.06. The molecule has 13 nitrogen and oxygen atoms in total. The first-order valence-corrected chi connectivity index (χ1v) is 19.3. The van der Waals surface area contributed by atoms with Crippen molar-refractivity contribution < 1.29 is 38.0 Å². The van der Waals surface area contributed by atoms with Crippen LogP contribution >= 0.6 is 11.3 Å². The molecule has 0 aliphatic heterocycles. The number of carbonyl (C=O) groups is 2. The lowest BCUT2D eigenvalue weighted by Crippen LogP contribution is -2.27. The van der Waals surface area contributed by atoms with Crippen molar-refractivity contribution in [3.8, 4) is 6.07 Å². The molecule has 2 aromatic rings. The molecule has 0 saturated heterocycles. The number of hydrogen-bond donors (Lipinski definition) is 0. The first-order valence-electron chi connectivity index (χ1n) is 18.5. The van der Waals surface area contributed by atoms with Gasteiger partial charge in [-0.15, -0.1) is 11.3 Å². The van der Waals surface area contributed by atoms with Crippen LogP contribution in [0.25, 0.3) is 4.85 Å². The second-order valence-electron chi connectivity index (χ2n) is 12.3. The van der Waals surface area contributed by atoms with Crippen LogP contribution in [0.5, 0.6) is 0 Å². The second-order valence-corrected chi connectivity index (χ2v) is 13.3. The number of rotatable bonds is 29. The number of ether oxygens (including phenoxy) is 6. The summed E-state index contributed by atoms with van der Waals surface area (Å²) >= 11 is 1.18. The average molecular weight is 756 g/mol. The number of methoxy groups -OCH3 is 1. The molecule has 0 fully saturated rings. The Kier molecular flexibility index (Phi) is 23.6. The molecule has 0 amide bonds. The van der Waals surface area contributed by atoms with E-state index in [1.54, 1.807) is 6.92 Å². The van der Waals surface area contributed by atoms with E-state index in [0.717, 1.165) is 37.1 Å². The lowest BCUT2D eigenvalue weighted by molar-refractivity contribution is -0.154. The van der Waals surface area contributed by atoms with Gasteiger partial charge in [0.1, 0.15) is 17.7 Å². The van der Waals surface area contributed by atoms with E-state index in [0.29, 0.717) is 86.0 Å². The zero-order chi connectivity index (χ0) is 38.7. The molecule has 1 aromatic heterocycles. The number of azo groups is 1. The van der Waals surface area contributed by atoms with Crippen molar-refractivity contribution in [3.63, 3.8) is 0 Å². The number of nitrogens with zero attached hydrogens (tertiary/aromatic N) is 5. The summed E-state index contributed by atoms with van der Waals surface area (Å²) < 4.78 is 32.5. The fourth-order valence-corrected chi connectivity index (χ4v) is 6.23. The van der Waals surface area contributed by atoms with Crippen LogP contribution in [0.3, 0.4) is 0 Å². The Morgan fingerprint density at radius 2 is 1.53 bits per heavy atom. The molecule has 53 heavy (non-hydrogen) atoms. The van der Waals surface area contributed by atoms with Crippen LogP contribution in [-0.4, -0.2) is 91.6 Å². The lowest BCUT2D eigenvalue weighted by atomic mass is 9.97. The minimum atomic E-state index is -0.468. The van der Waals surface area contributed by atoms with Gasteiger partial charge in [-0.25, -0.2) is 4.85 Å². The molecule has 0 spiro atoms. The number of benzene rings is 1. The average Bonchev–Trinajstić information content (AvgIpc) is 3.48. The quantitative estimate of drug-likeness (QED) is 0.0343. The Morgan fingerprint density at radius 1 is 0.906 bits per heavy atom. The third-order valence-corrected chi connectivity index (χ3v) is 9.52. The summed E-state index contributed by atoms with van der Waals surface area (Å²) in [6.45, 7) is 20.4. The number of thiophene rings is 1. The molecular weight excluding hydrogens is 699 g/mol. The smallest absolute Gasteiger partial charge is 0.309 e. The van der Waals surface area contributed by atoms with Gasteiger partial charge in [0.15, 0.2) is 0 Å². The summed E-state index contributed by atoms with van der Waals surface area (Å²) in [4.78, 5) is 30.5. The van der Waals surface area contributed by atoms with Crippen molar-refractivity contribution in [1.29, 1.82) is 5.26 Å². The minimum absolute atomic E-state index is 0.0220. The molecule has 1 aromatic carbocycles. The van der Waals surface area contributed by atoms with Crippen molar-refractivity contribution in [2.75, 3.05) is 84.6 Å². The molecule has 0 aliphatic carbocycles. The zero-order valence-corrected chi connectivity index (χ0v) is 33.0. The van der Waals surface area contributed by atoms with E-state index >= 15 is 0 Å². The molecule has 0 saturated carbocycles. The van der Waals surface area contributed by atoms with Crippen LogP contribution in [0.2, 0.25) is 0 Å². The maximum atomic E-state index is 12.2. The maximum absolute atomic E-state index is 12.2. The Labute approximate surface area is 319 Å². The van der Waals surface area contributed by atoms with Crippen molar-refractivity contribution in [3.05, 3.63) is 45.6 Å². The van der Waals surface area contributed by atoms with Gasteiger partial charge >= 0.3 is 11.9 Å². The monoisotopic (exact) mass is 755 g/mol. The van der Waals surface area contributed by atoms with E-state index in [1.807, 2.05) is 19.1 Å². The van der Waals surface area contributed by atoms with Crippen LogP contribution in [0, 0.1) is 37.7 Å². The van der Waals surface area contributed by atoms with Crippen LogP contribution in [0.1, 0.15) is 81.2 Å². The molecular formula is C39H57N5O8S. The highest BCUT2D eigenvalue weighted by Crippen LogP contribution is 2.42. The highest BCUT2D eigenvalue weighted by molar-refractivity contribution is 7.17. The SMILES string of the molecule is [C-]#[N+]c1c(N=Nc2ccc(N(CC)CCOCCOCCOCCOCCOC(=O)CC(CCCCCCCC)C(=O)OC)cc2C)sc(C#N)c1C. The molecule has 1 heterocycles. The summed E-state index contributed by atoms with van der Waals surface area (Å²) in [6.07, 6.45) is 7.34. The number of esters is 2. The van der Waals surface area contributed by atoms with Crippen LogP contribution in [0.15, 0.2) is 28.4 Å². The van der Waals surface area contributed by atoms with E-state index in [1.165, 1.54) is 37.7 Å². The second kappa shape index (κ2) is 27.7. The normalized spacial score (nSPS) is 11.7. The van der Waals surface area contributed by atoms with Crippen molar-refractivity contribution >= 4 is 45.3 Å². The summed E-state index contributed by atoms with van der Waals surface area (Å²) in [7, 11) is 1.35. The van der Waals surface area contributed by atoms with Crippen molar-refractivity contribution in [2.24, 2.45) is 16.1 Å². The predicted molar refractivity (Wildman–Crippen MR) is 206 cm³/mol. The molecule has 1 unspecified atom stereocenters. The highest BCUT2D eigenvalue weighted by atomic mass is 32.1. The largest absolute Gasteiger partial charge is 0.469 e. The van der Waals surface area contributed by atoms with E-state index in [-0.39, 0.29) is 25.6 Å². The number of carbonyl (C=O) groups excluding carboxylic acids is 2. The fraction of sp³-hybridized carbons (Fsp3) is 0.641. The number of likely N-dealkylation sites (N-methyl/N-ethyl adjacent to an activating group) is 1. The van der Waals surface area contributed by atoms with Gasteiger partial charge in [0.25, 0.3) is 0 Å². The molecule has 2 rings (SSSR count). The number of hydrogen-bond acceptors (Lipinski definition) is 13. The van der Waals surface area contributed by atoms with Gasteiger partial charge < -0.3 is 33.3 Å². The van der Waals surface area contributed by atoms with Crippen molar-refractivity contribution in [1.82, 2.24) is 0 Å². The van der Waals surface area contributed by atoms with E-state index in [2.05, 4.69) is 46.0 Å². The number of unbranched alkanes of at least 4 members (excludes halogenated alkanes) is 5. The van der Waals surface area contributed by atoms with E-state index < -0.39 is 11.9 Å². The van der Waals surface area contributed by atoms with Crippen LogP contribution in [0.4, 0.5) is 22.1 Å². The van der Waals surface area contributed by atoms with E-state index in [4.69, 9.17) is 35.0 Å². The number of nitriles is 1. The Morgan fingerprint density at radius 3 is 2.11 bits per heavy atom.